The number of carbonyl (C=O) groups is 1. The van der Waals surface area contributed by atoms with Gasteiger partial charge < -0.3 is 10.3 Å². The summed E-state index contributed by atoms with van der Waals surface area (Å²) < 4.78 is 24.6. The van der Waals surface area contributed by atoms with Gasteiger partial charge in [0, 0.05) is 18.8 Å². The van der Waals surface area contributed by atoms with E-state index >= 15 is 0 Å². The number of aromatic amines is 1. The molecule has 1 fully saturated rings. The fourth-order valence-corrected chi connectivity index (χ4v) is 3.76. The Morgan fingerprint density at radius 3 is 2.96 bits per heavy atom. The molecular formula is C15H18N4O4S. The van der Waals surface area contributed by atoms with E-state index in [9.17, 15) is 18.0 Å². The maximum absolute atomic E-state index is 12.4. The maximum atomic E-state index is 12.4. The second-order valence-electron chi connectivity index (χ2n) is 5.91. The van der Waals surface area contributed by atoms with Crippen LogP contribution in [0.1, 0.15) is 12.8 Å². The van der Waals surface area contributed by atoms with Crippen LogP contribution in [0.5, 0.6) is 0 Å². The Kier molecular flexibility index (Phi) is 4.37. The fourth-order valence-electron chi connectivity index (χ4n) is 2.85. The minimum atomic E-state index is -3.30. The number of hydrogen-bond donors (Lipinski definition) is 2. The molecule has 1 saturated heterocycles. The summed E-state index contributed by atoms with van der Waals surface area (Å²) in [4.78, 5) is 30.8. The van der Waals surface area contributed by atoms with Crippen LogP contribution >= 0.6 is 0 Å². The Balaban J connectivity index is 1.77. The second kappa shape index (κ2) is 6.33. The molecule has 8 nitrogen and oxygen atoms in total. The number of nitrogens with zero attached hydrogens (tertiary/aromatic N) is 2. The number of nitrogens with one attached hydrogen (secondary N) is 2. The first-order valence-corrected chi connectivity index (χ1v) is 9.43. The molecule has 0 bridgehead atoms. The fraction of sp³-hybridized carbons (Fsp3) is 0.400. The number of H-pyrrole nitrogens is 1. The molecule has 1 aliphatic heterocycles. The molecule has 2 heterocycles. The predicted octanol–water partition coefficient (Wildman–Crippen LogP) is 0.533. The Morgan fingerprint density at radius 1 is 1.42 bits per heavy atom. The number of hydrogen-bond acceptors (Lipinski definition) is 5. The molecule has 0 saturated carbocycles. The number of carbonyl (C=O) groups excluding carboxylic acids is 1. The van der Waals surface area contributed by atoms with E-state index in [1.54, 1.807) is 18.2 Å². The van der Waals surface area contributed by atoms with Crippen molar-refractivity contribution in [2.24, 2.45) is 5.92 Å². The van der Waals surface area contributed by atoms with Crippen LogP contribution in [0.25, 0.3) is 10.9 Å². The van der Waals surface area contributed by atoms with Crippen LogP contribution < -0.4 is 10.9 Å². The van der Waals surface area contributed by atoms with E-state index in [0.717, 1.165) is 6.26 Å². The van der Waals surface area contributed by atoms with Gasteiger partial charge in [-0.3, -0.25) is 9.59 Å². The SMILES string of the molecule is CS(=O)(=O)N1CCCC(C(=O)Nc2ccc3nc[nH]c(=O)c3c2)C1. The van der Waals surface area contributed by atoms with Gasteiger partial charge in [-0.05, 0) is 31.0 Å². The van der Waals surface area contributed by atoms with Crippen molar-refractivity contribution >= 4 is 32.5 Å². The van der Waals surface area contributed by atoms with Crippen molar-refractivity contribution in [3.8, 4) is 0 Å². The first-order chi connectivity index (χ1) is 11.3. The molecule has 0 radical (unpaired) electrons. The van der Waals surface area contributed by atoms with Gasteiger partial charge in [-0.2, -0.15) is 0 Å². The Bertz CT molecular complexity index is 938. The summed E-state index contributed by atoms with van der Waals surface area (Å²) in [6.07, 6.45) is 3.75. The molecule has 0 aliphatic carbocycles. The minimum Gasteiger partial charge on any atom is -0.326 e. The number of amides is 1. The number of rotatable bonds is 3. The summed E-state index contributed by atoms with van der Waals surface area (Å²) in [5, 5.41) is 3.15. The van der Waals surface area contributed by atoms with Crippen LogP contribution in [0.4, 0.5) is 5.69 Å². The monoisotopic (exact) mass is 350 g/mol. The van der Waals surface area contributed by atoms with Crippen LogP contribution in [0.2, 0.25) is 0 Å². The standard InChI is InChI=1S/C15H18N4O4S/c1-24(22,23)19-6-2-3-10(8-19)14(20)18-11-4-5-13-12(7-11)15(21)17-9-16-13/h4-5,7,9-10H,2-3,6,8H2,1H3,(H,18,20)(H,16,17,21). The smallest absolute Gasteiger partial charge is 0.258 e. The molecule has 24 heavy (non-hydrogen) atoms. The second-order valence-corrected chi connectivity index (χ2v) is 7.90. The third-order valence-electron chi connectivity index (χ3n) is 4.13. The van der Waals surface area contributed by atoms with Crippen LogP contribution in [0, 0.1) is 5.92 Å². The summed E-state index contributed by atoms with van der Waals surface area (Å²) in [6.45, 7) is 0.625. The lowest BCUT2D eigenvalue weighted by Crippen LogP contribution is -2.43. The van der Waals surface area contributed by atoms with Crippen molar-refractivity contribution in [3.63, 3.8) is 0 Å². The predicted molar refractivity (Wildman–Crippen MR) is 90.1 cm³/mol. The van der Waals surface area contributed by atoms with Crippen molar-refractivity contribution in [2.45, 2.75) is 12.8 Å². The highest BCUT2D eigenvalue weighted by Crippen LogP contribution is 2.21. The number of piperidine rings is 1. The normalized spacial score (nSPS) is 19.3. The van der Waals surface area contributed by atoms with Gasteiger partial charge in [-0.15, -0.1) is 0 Å². The third-order valence-corrected chi connectivity index (χ3v) is 5.40. The molecule has 2 aromatic rings. The zero-order valence-electron chi connectivity index (χ0n) is 13.2. The maximum Gasteiger partial charge on any atom is 0.258 e. The van der Waals surface area contributed by atoms with Gasteiger partial charge in [0.1, 0.15) is 0 Å². The van der Waals surface area contributed by atoms with Crippen molar-refractivity contribution in [2.75, 3.05) is 24.7 Å². The van der Waals surface area contributed by atoms with Gasteiger partial charge in [0.25, 0.3) is 5.56 Å². The Labute approximate surface area is 138 Å². The highest BCUT2D eigenvalue weighted by molar-refractivity contribution is 7.88. The molecule has 3 rings (SSSR count). The topological polar surface area (TPSA) is 112 Å². The molecule has 1 atom stereocenters. The molecule has 0 spiro atoms. The molecule has 128 valence electrons. The summed E-state index contributed by atoms with van der Waals surface area (Å²) in [5.41, 5.74) is 0.747. The van der Waals surface area contributed by atoms with Crippen LogP contribution in [0.15, 0.2) is 29.3 Å². The van der Waals surface area contributed by atoms with Gasteiger partial charge in [-0.25, -0.2) is 17.7 Å². The highest BCUT2D eigenvalue weighted by atomic mass is 32.2. The van der Waals surface area contributed by atoms with Crippen LogP contribution in [0.3, 0.4) is 0 Å². The number of benzene rings is 1. The first kappa shape index (κ1) is 16.6. The molecule has 1 aliphatic rings. The lowest BCUT2D eigenvalue weighted by atomic mass is 9.98. The molecule has 1 amide bonds. The van der Waals surface area contributed by atoms with E-state index in [1.807, 2.05) is 0 Å². The molecule has 9 heteroatoms. The molecular weight excluding hydrogens is 332 g/mol. The molecule has 2 N–H and O–H groups in total. The van der Waals surface area contributed by atoms with Gasteiger partial charge in [0.2, 0.25) is 15.9 Å². The van der Waals surface area contributed by atoms with E-state index in [1.165, 1.54) is 10.6 Å². The quantitative estimate of drug-likeness (QED) is 0.839. The summed E-state index contributed by atoms with van der Waals surface area (Å²) in [5.74, 6) is -0.653. The average molecular weight is 350 g/mol. The highest BCUT2D eigenvalue weighted by Gasteiger charge is 2.30. The van der Waals surface area contributed by atoms with Crippen LogP contribution in [-0.4, -0.2) is 47.9 Å². The van der Waals surface area contributed by atoms with Crippen molar-refractivity contribution in [1.29, 1.82) is 0 Å². The summed E-state index contributed by atoms with van der Waals surface area (Å²) in [6, 6.07) is 4.89. The van der Waals surface area contributed by atoms with E-state index in [0.29, 0.717) is 36.0 Å². The number of fused-ring (bicyclic) bond motifs is 1. The molecule has 1 aromatic carbocycles. The number of aromatic nitrogens is 2. The summed E-state index contributed by atoms with van der Waals surface area (Å²) >= 11 is 0. The van der Waals surface area contributed by atoms with E-state index in [2.05, 4.69) is 15.3 Å². The van der Waals surface area contributed by atoms with Gasteiger partial charge in [0.15, 0.2) is 0 Å². The van der Waals surface area contributed by atoms with E-state index in [-0.39, 0.29) is 18.0 Å². The van der Waals surface area contributed by atoms with E-state index < -0.39 is 15.9 Å². The van der Waals surface area contributed by atoms with Crippen LogP contribution in [-0.2, 0) is 14.8 Å². The number of anilines is 1. The van der Waals surface area contributed by atoms with Gasteiger partial charge in [-0.1, -0.05) is 0 Å². The van der Waals surface area contributed by atoms with Crippen molar-refractivity contribution < 1.29 is 13.2 Å². The Hall–Kier alpha value is -2.26. The first-order valence-electron chi connectivity index (χ1n) is 7.58. The lowest BCUT2D eigenvalue weighted by Gasteiger charge is -2.30. The zero-order valence-corrected chi connectivity index (χ0v) is 14.0. The van der Waals surface area contributed by atoms with Gasteiger partial charge >= 0.3 is 0 Å². The molecule has 1 aromatic heterocycles. The number of sulfonamides is 1. The third kappa shape index (κ3) is 3.46. The van der Waals surface area contributed by atoms with E-state index in [4.69, 9.17) is 0 Å². The minimum absolute atomic E-state index is 0.181. The largest absolute Gasteiger partial charge is 0.326 e. The average Bonchev–Trinajstić information content (AvgIpc) is 2.55. The zero-order chi connectivity index (χ0) is 17.3. The Morgan fingerprint density at radius 2 is 2.21 bits per heavy atom. The van der Waals surface area contributed by atoms with Crippen molar-refractivity contribution in [1.82, 2.24) is 14.3 Å². The lowest BCUT2D eigenvalue weighted by molar-refractivity contribution is -0.120. The summed E-state index contributed by atoms with van der Waals surface area (Å²) in [7, 11) is -3.30. The molecule has 1 unspecified atom stereocenters. The van der Waals surface area contributed by atoms with Crippen molar-refractivity contribution in [3.05, 3.63) is 34.9 Å². The van der Waals surface area contributed by atoms with Gasteiger partial charge in [0.05, 0.1) is 29.4 Å².